The van der Waals surface area contributed by atoms with E-state index in [4.69, 9.17) is 9.84 Å². The van der Waals surface area contributed by atoms with E-state index >= 15 is 0 Å². The predicted molar refractivity (Wildman–Crippen MR) is 70.4 cm³/mol. The second-order valence-electron chi connectivity index (χ2n) is 4.68. The summed E-state index contributed by atoms with van der Waals surface area (Å²) < 4.78 is 5.41. The molecule has 0 radical (unpaired) electrons. The Labute approximate surface area is 111 Å². The molecular weight excluding hydrogens is 246 g/mol. The number of amides is 1. The third kappa shape index (κ3) is 3.32. The molecule has 1 fully saturated rings. The van der Waals surface area contributed by atoms with Gasteiger partial charge in [0.25, 0.3) is 5.91 Å². The molecule has 2 rings (SSSR count). The van der Waals surface area contributed by atoms with Gasteiger partial charge in [-0.05, 0) is 49.9 Å². The topological polar surface area (TPSA) is 75.6 Å². The number of rotatable bonds is 3. The van der Waals surface area contributed by atoms with Crippen molar-refractivity contribution in [1.29, 1.82) is 0 Å². The van der Waals surface area contributed by atoms with Gasteiger partial charge in [-0.3, -0.25) is 4.79 Å². The minimum absolute atomic E-state index is 0.161. The molecule has 1 aromatic rings. The van der Waals surface area contributed by atoms with Crippen molar-refractivity contribution in [2.75, 3.05) is 11.9 Å². The summed E-state index contributed by atoms with van der Waals surface area (Å²) in [5.41, 5.74) is 1.57. The van der Waals surface area contributed by atoms with Crippen molar-refractivity contribution in [2.45, 2.75) is 32.3 Å². The first-order valence-electron chi connectivity index (χ1n) is 6.34. The molecule has 1 aliphatic rings. The molecule has 102 valence electrons. The molecule has 1 atom stereocenters. The summed E-state index contributed by atoms with van der Waals surface area (Å²) >= 11 is 0. The molecule has 1 aromatic carbocycles. The minimum Gasteiger partial charge on any atom is -0.478 e. The highest BCUT2D eigenvalue weighted by Crippen LogP contribution is 2.19. The van der Waals surface area contributed by atoms with E-state index < -0.39 is 12.1 Å². The van der Waals surface area contributed by atoms with E-state index in [1.807, 2.05) is 0 Å². The first-order chi connectivity index (χ1) is 9.08. The van der Waals surface area contributed by atoms with Crippen molar-refractivity contribution < 1.29 is 19.4 Å². The molecule has 0 spiro atoms. The molecular formula is C14H17NO4. The summed E-state index contributed by atoms with van der Waals surface area (Å²) in [5, 5.41) is 11.7. The number of anilines is 1. The average Bonchev–Trinajstić information content (AvgIpc) is 2.41. The summed E-state index contributed by atoms with van der Waals surface area (Å²) in [7, 11) is 0. The highest BCUT2D eigenvalue weighted by Gasteiger charge is 2.22. The van der Waals surface area contributed by atoms with E-state index in [0.717, 1.165) is 24.8 Å². The van der Waals surface area contributed by atoms with E-state index in [-0.39, 0.29) is 11.5 Å². The van der Waals surface area contributed by atoms with Crippen LogP contribution in [0.5, 0.6) is 0 Å². The second-order valence-corrected chi connectivity index (χ2v) is 4.68. The molecule has 0 bridgehead atoms. The molecule has 5 nitrogen and oxygen atoms in total. The molecule has 5 heteroatoms. The van der Waals surface area contributed by atoms with Crippen molar-refractivity contribution in [1.82, 2.24) is 0 Å². The van der Waals surface area contributed by atoms with Crippen LogP contribution >= 0.6 is 0 Å². The smallest absolute Gasteiger partial charge is 0.335 e. The lowest BCUT2D eigenvalue weighted by molar-refractivity contribution is -0.129. The van der Waals surface area contributed by atoms with Crippen molar-refractivity contribution in [2.24, 2.45) is 0 Å². The lowest BCUT2D eigenvalue weighted by Crippen LogP contribution is -2.33. The maximum Gasteiger partial charge on any atom is 0.335 e. The normalized spacial score (nSPS) is 18.9. The molecule has 1 heterocycles. The number of nitrogens with one attached hydrogen (secondary N) is 1. The van der Waals surface area contributed by atoms with Crippen LogP contribution in [0.15, 0.2) is 18.2 Å². The zero-order valence-electron chi connectivity index (χ0n) is 10.8. The van der Waals surface area contributed by atoms with Crippen LogP contribution in [0.1, 0.15) is 35.2 Å². The van der Waals surface area contributed by atoms with Crippen LogP contribution in [0.3, 0.4) is 0 Å². The van der Waals surface area contributed by atoms with Gasteiger partial charge in [0.1, 0.15) is 6.10 Å². The largest absolute Gasteiger partial charge is 0.478 e. The Bertz CT molecular complexity index is 492. The summed E-state index contributed by atoms with van der Waals surface area (Å²) in [6.07, 6.45) is 2.33. The Morgan fingerprint density at radius 3 is 2.74 bits per heavy atom. The molecule has 19 heavy (non-hydrogen) atoms. The fourth-order valence-corrected chi connectivity index (χ4v) is 2.10. The highest BCUT2D eigenvalue weighted by molar-refractivity contribution is 5.96. The number of hydrogen-bond donors (Lipinski definition) is 2. The summed E-state index contributed by atoms with van der Waals surface area (Å²) in [6.45, 7) is 2.39. The molecule has 1 aliphatic heterocycles. The lowest BCUT2D eigenvalue weighted by Gasteiger charge is -2.22. The minimum atomic E-state index is -0.975. The second kappa shape index (κ2) is 5.84. The van der Waals surface area contributed by atoms with Gasteiger partial charge in [0, 0.05) is 12.3 Å². The van der Waals surface area contributed by atoms with Crippen LogP contribution in [-0.4, -0.2) is 29.7 Å². The van der Waals surface area contributed by atoms with Crippen LogP contribution in [0.25, 0.3) is 0 Å². The lowest BCUT2D eigenvalue weighted by atomic mass is 10.1. The SMILES string of the molecule is Cc1cc(C(=O)O)ccc1NC(=O)C1CCCCO1. The van der Waals surface area contributed by atoms with Gasteiger partial charge in [0.15, 0.2) is 0 Å². The summed E-state index contributed by atoms with van der Waals surface area (Å²) in [5.74, 6) is -1.14. The van der Waals surface area contributed by atoms with E-state index in [9.17, 15) is 9.59 Å². The van der Waals surface area contributed by atoms with Crippen molar-refractivity contribution in [3.8, 4) is 0 Å². The van der Waals surface area contributed by atoms with Gasteiger partial charge >= 0.3 is 5.97 Å². The molecule has 2 N–H and O–H groups in total. The molecule has 0 aliphatic carbocycles. The number of carboxylic acids is 1. The Morgan fingerprint density at radius 1 is 1.37 bits per heavy atom. The van der Waals surface area contributed by atoms with Gasteiger partial charge in [0.2, 0.25) is 0 Å². The van der Waals surface area contributed by atoms with Gasteiger partial charge in [0.05, 0.1) is 5.56 Å². The van der Waals surface area contributed by atoms with E-state index in [1.165, 1.54) is 6.07 Å². The number of carboxylic acid groups (broad SMARTS) is 1. The summed E-state index contributed by atoms with van der Waals surface area (Å²) in [6, 6.07) is 4.63. The first-order valence-corrected chi connectivity index (χ1v) is 6.34. The standard InChI is InChI=1S/C14H17NO4/c1-9-8-10(14(17)18)5-6-11(9)15-13(16)12-4-2-3-7-19-12/h5-6,8,12H,2-4,7H2,1H3,(H,15,16)(H,17,18). The Kier molecular flexibility index (Phi) is 4.16. The van der Waals surface area contributed by atoms with E-state index in [1.54, 1.807) is 19.1 Å². The quantitative estimate of drug-likeness (QED) is 0.876. The van der Waals surface area contributed by atoms with Crippen LogP contribution in [0.4, 0.5) is 5.69 Å². The van der Waals surface area contributed by atoms with Crippen LogP contribution in [0.2, 0.25) is 0 Å². The number of carbonyl (C=O) groups excluding carboxylic acids is 1. The predicted octanol–water partition coefficient (Wildman–Crippen LogP) is 2.20. The molecule has 1 amide bonds. The first kappa shape index (κ1) is 13.5. The number of hydrogen-bond acceptors (Lipinski definition) is 3. The fraction of sp³-hybridized carbons (Fsp3) is 0.429. The Balaban J connectivity index is 2.06. The van der Waals surface area contributed by atoms with Crippen LogP contribution in [0, 0.1) is 6.92 Å². The number of carbonyl (C=O) groups is 2. The third-order valence-corrected chi connectivity index (χ3v) is 3.20. The van der Waals surface area contributed by atoms with Gasteiger partial charge in [-0.1, -0.05) is 0 Å². The monoisotopic (exact) mass is 263 g/mol. The van der Waals surface area contributed by atoms with Crippen molar-refractivity contribution in [3.05, 3.63) is 29.3 Å². The number of ether oxygens (including phenoxy) is 1. The molecule has 1 unspecified atom stereocenters. The Morgan fingerprint density at radius 2 is 2.16 bits per heavy atom. The van der Waals surface area contributed by atoms with E-state index in [2.05, 4.69) is 5.32 Å². The number of aromatic carboxylic acids is 1. The number of aryl methyl sites for hydroxylation is 1. The van der Waals surface area contributed by atoms with Crippen molar-refractivity contribution >= 4 is 17.6 Å². The zero-order chi connectivity index (χ0) is 13.8. The van der Waals surface area contributed by atoms with Gasteiger partial charge < -0.3 is 15.2 Å². The average molecular weight is 263 g/mol. The van der Waals surface area contributed by atoms with Crippen LogP contribution < -0.4 is 5.32 Å². The van der Waals surface area contributed by atoms with Crippen molar-refractivity contribution in [3.63, 3.8) is 0 Å². The Hall–Kier alpha value is -1.88. The van der Waals surface area contributed by atoms with Gasteiger partial charge in [-0.25, -0.2) is 4.79 Å². The highest BCUT2D eigenvalue weighted by atomic mass is 16.5. The van der Waals surface area contributed by atoms with Gasteiger partial charge in [-0.2, -0.15) is 0 Å². The number of benzene rings is 1. The maximum atomic E-state index is 12.0. The van der Waals surface area contributed by atoms with E-state index in [0.29, 0.717) is 12.3 Å². The summed E-state index contributed by atoms with van der Waals surface area (Å²) in [4.78, 5) is 22.8. The molecule has 0 aromatic heterocycles. The zero-order valence-corrected chi connectivity index (χ0v) is 10.8. The third-order valence-electron chi connectivity index (χ3n) is 3.20. The molecule has 1 saturated heterocycles. The van der Waals surface area contributed by atoms with Gasteiger partial charge in [-0.15, -0.1) is 0 Å². The van der Waals surface area contributed by atoms with Crippen LogP contribution in [-0.2, 0) is 9.53 Å². The molecule has 0 saturated carbocycles. The maximum absolute atomic E-state index is 12.0. The fourth-order valence-electron chi connectivity index (χ4n) is 2.10.